The zero-order valence-electron chi connectivity index (χ0n) is 17.6. The first-order valence-corrected chi connectivity index (χ1v) is 10.7. The Hall–Kier alpha value is -0.870. The van der Waals surface area contributed by atoms with E-state index in [-0.39, 0.29) is 18.4 Å². The lowest BCUT2D eigenvalue weighted by molar-refractivity contribution is -0.409. The molecule has 1 fully saturated rings. The molecule has 1 saturated heterocycles. The summed E-state index contributed by atoms with van der Waals surface area (Å²) in [5.41, 5.74) is 1.04. The number of carbonyl (C=O) groups is 1. The van der Waals surface area contributed by atoms with Gasteiger partial charge in [0.05, 0.1) is 6.42 Å². The molecule has 26 heavy (non-hydrogen) atoms. The van der Waals surface area contributed by atoms with Crippen molar-refractivity contribution in [3.63, 3.8) is 0 Å². The van der Waals surface area contributed by atoms with Crippen LogP contribution in [0.5, 0.6) is 0 Å². The molecule has 0 aliphatic carbocycles. The number of rotatable bonds is 12. The lowest BCUT2D eigenvalue weighted by Gasteiger charge is -2.41. The molecule has 1 heterocycles. The minimum atomic E-state index is -0.826. The summed E-state index contributed by atoms with van der Waals surface area (Å²) >= 11 is 0. The maximum Gasteiger partial charge on any atom is 0.306 e. The second-order valence-corrected chi connectivity index (χ2v) is 7.88. The first-order chi connectivity index (χ1) is 12.4. The Morgan fingerprint density at radius 2 is 2.00 bits per heavy atom. The second-order valence-electron chi connectivity index (χ2n) is 7.88. The molecule has 4 atom stereocenters. The molecule has 0 amide bonds. The van der Waals surface area contributed by atoms with Gasteiger partial charge in [0.15, 0.2) is 0 Å². The van der Waals surface area contributed by atoms with Crippen molar-refractivity contribution in [1.82, 2.24) is 0 Å². The van der Waals surface area contributed by atoms with Crippen molar-refractivity contribution in [2.75, 3.05) is 0 Å². The van der Waals surface area contributed by atoms with Gasteiger partial charge in [-0.2, -0.15) is 0 Å². The van der Waals surface area contributed by atoms with Crippen LogP contribution >= 0.6 is 0 Å². The highest BCUT2D eigenvalue weighted by Gasteiger charge is 2.41. The molecule has 0 spiro atoms. The van der Waals surface area contributed by atoms with Gasteiger partial charge in [-0.25, -0.2) is 9.78 Å². The van der Waals surface area contributed by atoms with E-state index in [2.05, 4.69) is 40.7 Å². The van der Waals surface area contributed by atoms with E-state index in [1.807, 2.05) is 0 Å². The van der Waals surface area contributed by atoms with Crippen LogP contribution in [0.2, 0.25) is 0 Å². The van der Waals surface area contributed by atoms with Crippen LogP contribution in [0.15, 0.2) is 11.6 Å². The largest absolute Gasteiger partial charge is 0.481 e. The van der Waals surface area contributed by atoms with Crippen molar-refractivity contribution >= 4 is 5.97 Å². The predicted octanol–water partition coefficient (Wildman–Crippen LogP) is 6.30. The summed E-state index contributed by atoms with van der Waals surface area (Å²) in [5, 5.41) is 9.10. The van der Waals surface area contributed by atoms with Crippen molar-refractivity contribution in [2.45, 2.75) is 111 Å². The molecule has 0 aromatic heterocycles. The summed E-state index contributed by atoms with van der Waals surface area (Å²) in [6.07, 6.45) is 11.8. The summed E-state index contributed by atoms with van der Waals surface area (Å²) in [6, 6.07) is 0. The number of allylic oxidation sites excluding steroid dienone is 1. The van der Waals surface area contributed by atoms with Crippen molar-refractivity contribution in [3.8, 4) is 0 Å². The van der Waals surface area contributed by atoms with Crippen molar-refractivity contribution < 1.29 is 19.7 Å². The van der Waals surface area contributed by atoms with Gasteiger partial charge in [-0.3, -0.25) is 4.79 Å². The highest BCUT2D eigenvalue weighted by atomic mass is 17.2. The molecule has 4 heteroatoms. The average Bonchev–Trinajstić information content (AvgIpc) is 2.65. The van der Waals surface area contributed by atoms with E-state index in [1.165, 1.54) is 31.3 Å². The minimum Gasteiger partial charge on any atom is -0.481 e. The fraction of sp³-hybridized carbons (Fsp3) is 0.864. The van der Waals surface area contributed by atoms with Gasteiger partial charge in [0.1, 0.15) is 11.7 Å². The molecule has 0 bridgehead atoms. The highest BCUT2D eigenvalue weighted by molar-refractivity contribution is 5.67. The van der Waals surface area contributed by atoms with Crippen LogP contribution < -0.4 is 0 Å². The Balaban J connectivity index is 2.89. The molecule has 0 aromatic carbocycles. The molecule has 1 rings (SSSR count). The lowest BCUT2D eigenvalue weighted by Crippen LogP contribution is -2.44. The number of unbranched alkanes of at least 4 members (excludes halogenated alkanes) is 1. The van der Waals surface area contributed by atoms with E-state index in [1.54, 1.807) is 0 Å². The highest BCUT2D eigenvalue weighted by Crippen LogP contribution is 2.39. The maximum atomic E-state index is 11.1. The topological polar surface area (TPSA) is 55.8 Å². The normalized spacial score (nSPS) is 28.1. The number of hydrogen-bond donors (Lipinski definition) is 1. The third kappa shape index (κ3) is 7.03. The van der Waals surface area contributed by atoms with E-state index in [4.69, 9.17) is 14.9 Å². The number of hydrogen-bond acceptors (Lipinski definition) is 3. The Kier molecular flexibility index (Phi) is 10.5. The molecule has 0 radical (unpaired) electrons. The summed E-state index contributed by atoms with van der Waals surface area (Å²) in [5.74, 6) is 0.130. The summed E-state index contributed by atoms with van der Waals surface area (Å²) in [7, 11) is 0. The van der Waals surface area contributed by atoms with Gasteiger partial charge in [-0.05, 0) is 37.5 Å². The van der Waals surface area contributed by atoms with E-state index in [0.29, 0.717) is 0 Å². The number of aliphatic carboxylic acids is 1. The van der Waals surface area contributed by atoms with E-state index in [9.17, 15) is 4.79 Å². The predicted molar refractivity (Wildman–Crippen MR) is 106 cm³/mol. The SMILES string of the molecule is CCCC[C@@H](CC)C/C(=C/[C@]1(CC)C[C@@H](CC)[C@@H](CC(=O)O)OO1)CC. The molecular formula is C22H40O4. The van der Waals surface area contributed by atoms with Crippen LogP contribution in [0.3, 0.4) is 0 Å². The molecule has 0 saturated carbocycles. The standard InChI is InChI=1S/C22H40O4/c1-6-11-12-17(7-2)13-18(8-3)15-22(10-5)16-19(9-4)20(25-26-22)14-21(23)24/h15,17,19-20H,6-14,16H2,1-5H3,(H,23,24)/b18-15+/t17-,19-,20-,22-/m1/s1. The molecule has 0 aromatic rings. The summed E-state index contributed by atoms with van der Waals surface area (Å²) in [4.78, 5) is 22.5. The first kappa shape index (κ1) is 23.2. The van der Waals surface area contributed by atoms with Crippen molar-refractivity contribution in [3.05, 3.63) is 11.6 Å². The fourth-order valence-corrected chi connectivity index (χ4v) is 4.01. The van der Waals surface area contributed by atoms with Gasteiger partial charge in [-0.1, -0.05) is 78.4 Å². The zero-order valence-corrected chi connectivity index (χ0v) is 17.6. The van der Waals surface area contributed by atoms with Gasteiger partial charge in [0.2, 0.25) is 0 Å². The Morgan fingerprint density at radius 3 is 2.50 bits per heavy atom. The van der Waals surface area contributed by atoms with Crippen molar-refractivity contribution in [2.24, 2.45) is 11.8 Å². The van der Waals surface area contributed by atoms with E-state index < -0.39 is 11.6 Å². The van der Waals surface area contributed by atoms with Crippen molar-refractivity contribution in [1.29, 1.82) is 0 Å². The smallest absolute Gasteiger partial charge is 0.306 e. The Bertz CT molecular complexity index is 445. The first-order valence-electron chi connectivity index (χ1n) is 10.7. The van der Waals surface area contributed by atoms with Gasteiger partial charge < -0.3 is 5.11 Å². The van der Waals surface area contributed by atoms with E-state index >= 15 is 0 Å². The van der Waals surface area contributed by atoms with Crippen LogP contribution in [0.4, 0.5) is 0 Å². The number of carboxylic acid groups (broad SMARTS) is 1. The Morgan fingerprint density at radius 1 is 1.27 bits per heavy atom. The van der Waals surface area contributed by atoms with Gasteiger partial charge >= 0.3 is 5.97 Å². The van der Waals surface area contributed by atoms with Crippen LogP contribution in [-0.4, -0.2) is 22.8 Å². The molecular weight excluding hydrogens is 328 g/mol. The van der Waals surface area contributed by atoms with Crippen LogP contribution in [0.1, 0.15) is 98.8 Å². The molecule has 152 valence electrons. The fourth-order valence-electron chi connectivity index (χ4n) is 4.01. The molecule has 1 aliphatic rings. The second kappa shape index (κ2) is 11.8. The summed E-state index contributed by atoms with van der Waals surface area (Å²) in [6.45, 7) is 11.0. The average molecular weight is 369 g/mol. The monoisotopic (exact) mass is 368 g/mol. The number of carboxylic acids is 1. The zero-order chi connectivity index (χ0) is 19.6. The van der Waals surface area contributed by atoms with Crippen LogP contribution in [0, 0.1) is 11.8 Å². The molecule has 1 N–H and O–H groups in total. The quantitative estimate of drug-likeness (QED) is 0.324. The molecule has 4 nitrogen and oxygen atoms in total. The third-order valence-corrected chi connectivity index (χ3v) is 5.99. The van der Waals surface area contributed by atoms with Gasteiger partial charge in [0.25, 0.3) is 0 Å². The maximum absolute atomic E-state index is 11.1. The summed E-state index contributed by atoms with van der Waals surface area (Å²) < 4.78 is 0. The van der Waals surface area contributed by atoms with Gasteiger partial charge in [-0.15, -0.1) is 0 Å². The lowest BCUT2D eigenvalue weighted by atomic mass is 9.79. The molecule has 1 aliphatic heterocycles. The minimum absolute atomic E-state index is 0.0115. The van der Waals surface area contributed by atoms with Crippen LogP contribution in [-0.2, 0) is 14.6 Å². The van der Waals surface area contributed by atoms with Crippen LogP contribution in [0.25, 0.3) is 0 Å². The molecule has 0 unspecified atom stereocenters. The van der Waals surface area contributed by atoms with E-state index in [0.717, 1.165) is 38.0 Å². The Labute approximate surface area is 160 Å². The third-order valence-electron chi connectivity index (χ3n) is 5.99. The van der Waals surface area contributed by atoms with Gasteiger partial charge in [0, 0.05) is 0 Å².